The summed E-state index contributed by atoms with van der Waals surface area (Å²) < 4.78 is 39.9. The van der Waals surface area contributed by atoms with Crippen LogP contribution in [0.1, 0.15) is 22.3 Å². The largest absolute Gasteiger partial charge is 0.337 e. The van der Waals surface area contributed by atoms with Gasteiger partial charge in [0.2, 0.25) is 10.0 Å². The molecule has 3 rings (SSSR count). The molecule has 1 aliphatic heterocycles. The molecule has 1 aliphatic rings. The standard InChI is InChI=1S/C19H21FN2O3S/c1-15-4-2-5-16(14-15)19(23)21-10-3-11-22(13-12-21)26(24,25)18-8-6-17(20)7-9-18/h2,4-9,14H,3,10-13H2,1H3. The van der Waals surface area contributed by atoms with Crippen LogP contribution in [0.2, 0.25) is 0 Å². The van der Waals surface area contributed by atoms with E-state index < -0.39 is 15.8 Å². The van der Waals surface area contributed by atoms with Gasteiger partial charge in [-0.1, -0.05) is 17.7 Å². The number of carbonyl (C=O) groups excluding carboxylic acids is 1. The second kappa shape index (κ2) is 7.55. The van der Waals surface area contributed by atoms with Crippen molar-refractivity contribution < 1.29 is 17.6 Å². The SMILES string of the molecule is Cc1cccc(C(=O)N2CCCN(S(=O)(=O)c3ccc(F)cc3)CC2)c1. The topological polar surface area (TPSA) is 57.7 Å². The predicted octanol–water partition coefficient (Wildman–Crippen LogP) is 2.67. The first kappa shape index (κ1) is 18.5. The summed E-state index contributed by atoms with van der Waals surface area (Å²) in [5.41, 5.74) is 1.62. The van der Waals surface area contributed by atoms with Gasteiger partial charge >= 0.3 is 0 Å². The maximum atomic E-state index is 13.1. The Kier molecular flexibility index (Phi) is 5.38. The van der Waals surface area contributed by atoms with Gasteiger partial charge in [-0.3, -0.25) is 4.79 Å². The van der Waals surface area contributed by atoms with Gasteiger partial charge in [0.25, 0.3) is 5.91 Å². The Hall–Kier alpha value is -2.25. The lowest BCUT2D eigenvalue weighted by molar-refractivity contribution is 0.0764. The number of halogens is 1. The Labute approximate surface area is 153 Å². The fourth-order valence-electron chi connectivity index (χ4n) is 3.05. The molecule has 1 saturated heterocycles. The van der Waals surface area contributed by atoms with Crippen LogP contribution in [0, 0.1) is 12.7 Å². The van der Waals surface area contributed by atoms with E-state index in [0.29, 0.717) is 31.6 Å². The number of amides is 1. The van der Waals surface area contributed by atoms with Crippen LogP contribution in [0.15, 0.2) is 53.4 Å². The van der Waals surface area contributed by atoms with Gasteiger partial charge in [-0.15, -0.1) is 0 Å². The monoisotopic (exact) mass is 376 g/mol. The first-order chi connectivity index (χ1) is 12.4. The number of hydrogen-bond acceptors (Lipinski definition) is 3. The zero-order valence-corrected chi connectivity index (χ0v) is 15.4. The molecule has 0 radical (unpaired) electrons. The zero-order valence-electron chi connectivity index (χ0n) is 14.6. The Morgan fingerprint density at radius 2 is 1.73 bits per heavy atom. The summed E-state index contributed by atoms with van der Waals surface area (Å²) in [6.07, 6.45) is 0.554. The second-order valence-corrected chi connectivity index (χ2v) is 8.31. The number of nitrogens with zero attached hydrogens (tertiary/aromatic N) is 2. The van der Waals surface area contributed by atoms with Crippen molar-refractivity contribution in [3.8, 4) is 0 Å². The minimum atomic E-state index is -3.69. The highest BCUT2D eigenvalue weighted by Gasteiger charge is 2.28. The van der Waals surface area contributed by atoms with Crippen LogP contribution in [0.3, 0.4) is 0 Å². The quantitative estimate of drug-likeness (QED) is 0.828. The van der Waals surface area contributed by atoms with Crippen molar-refractivity contribution in [2.24, 2.45) is 0 Å². The van der Waals surface area contributed by atoms with E-state index in [2.05, 4.69) is 0 Å². The average Bonchev–Trinajstić information content (AvgIpc) is 2.88. The summed E-state index contributed by atoms with van der Waals surface area (Å²) in [6, 6.07) is 12.2. The van der Waals surface area contributed by atoms with E-state index in [0.717, 1.165) is 17.7 Å². The summed E-state index contributed by atoms with van der Waals surface area (Å²) >= 11 is 0. The summed E-state index contributed by atoms with van der Waals surface area (Å²) in [4.78, 5) is 14.4. The zero-order chi connectivity index (χ0) is 18.7. The molecule has 1 fully saturated rings. The third-order valence-corrected chi connectivity index (χ3v) is 6.37. The molecule has 138 valence electrons. The van der Waals surface area contributed by atoms with Gasteiger partial charge < -0.3 is 4.90 Å². The molecule has 0 bridgehead atoms. The Morgan fingerprint density at radius 1 is 1.00 bits per heavy atom. The minimum Gasteiger partial charge on any atom is -0.337 e. The maximum Gasteiger partial charge on any atom is 0.253 e. The average molecular weight is 376 g/mol. The van der Waals surface area contributed by atoms with E-state index in [4.69, 9.17) is 0 Å². The van der Waals surface area contributed by atoms with E-state index in [-0.39, 0.29) is 17.3 Å². The highest BCUT2D eigenvalue weighted by atomic mass is 32.2. The number of aryl methyl sites for hydroxylation is 1. The summed E-state index contributed by atoms with van der Waals surface area (Å²) in [5.74, 6) is -0.565. The molecule has 0 aromatic heterocycles. The Morgan fingerprint density at radius 3 is 2.42 bits per heavy atom. The summed E-state index contributed by atoms with van der Waals surface area (Å²) in [6.45, 7) is 3.31. The van der Waals surface area contributed by atoms with Crippen LogP contribution in [0.5, 0.6) is 0 Å². The number of sulfonamides is 1. The van der Waals surface area contributed by atoms with E-state index in [1.54, 1.807) is 11.0 Å². The molecule has 0 aliphatic carbocycles. The fourth-order valence-corrected chi connectivity index (χ4v) is 4.52. The van der Waals surface area contributed by atoms with Crippen LogP contribution >= 0.6 is 0 Å². The Bertz CT molecular complexity index is 897. The second-order valence-electron chi connectivity index (χ2n) is 6.37. The molecule has 0 saturated carbocycles. The lowest BCUT2D eigenvalue weighted by Crippen LogP contribution is -2.37. The van der Waals surface area contributed by atoms with Crippen LogP contribution in [-0.4, -0.2) is 49.7 Å². The molecule has 0 spiro atoms. The van der Waals surface area contributed by atoms with E-state index in [1.165, 1.54) is 16.4 Å². The highest BCUT2D eigenvalue weighted by Crippen LogP contribution is 2.19. The van der Waals surface area contributed by atoms with Crippen molar-refractivity contribution in [3.05, 3.63) is 65.5 Å². The molecule has 0 unspecified atom stereocenters. The molecule has 2 aromatic carbocycles. The van der Waals surface area contributed by atoms with Crippen molar-refractivity contribution >= 4 is 15.9 Å². The van der Waals surface area contributed by atoms with Gasteiger partial charge in [-0.2, -0.15) is 4.31 Å². The highest BCUT2D eigenvalue weighted by molar-refractivity contribution is 7.89. The van der Waals surface area contributed by atoms with Crippen molar-refractivity contribution in [2.45, 2.75) is 18.2 Å². The molecular formula is C19H21FN2O3S. The first-order valence-corrected chi connectivity index (χ1v) is 9.93. The van der Waals surface area contributed by atoms with Crippen molar-refractivity contribution in [1.82, 2.24) is 9.21 Å². The van der Waals surface area contributed by atoms with Gasteiger partial charge in [-0.25, -0.2) is 12.8 Å². The number of rotatable bonds is 3. The minimum absolute atomic E-state index is 0.0670. The molecule has 1 heterocycles. The lowest BCUT2D eigenvalue weighted by Gasteiger charge is -2.22. The predicted molar refractivity (Wildman–Crippen MR) is 96.9 cm³/mol. The molecule has 7 heteroatoms. The third kappa shape index (κ3) is 3.94. The van der Waals surface area contributed by atoms with Gasteiger partial charge in [0.05, 0.1) is 4.90 Å². The lowest BCUT2D eigenvalue weighted by atomic mass is 10.1. The van der Waals surface area contributed by atoms with E-state index in [9.17, 15) is 17.6 Å². The van der Waals surface area contributed by atoms with Crippen LogP contribution in [0.4, 0.5) is 4.39 Å². The molecule has 1 amide bonds. The van der Waals surface area contributed by atoms with E-state index in [1.807, 2.05) is 25.1 Å². The van der Waals surface area contributed by atoms with Crippen molar-refractivity contribution in [1.29, 1.82) is 0 Å². The number of benzene rings is 2. The fraction of sp³-hybridized carbons (Fsp3) is 0.316. The van der Waals surface area contributed by atoms with Gasteiger partial charge in [0, 0.05) is 31.7 Å². The molecular weight excluding hydrogens is 355 g/mol. The number of carbonyl (C=O) groups is 1. The smallest absolute Gasteiger partial charge is 0.253 e. The molecule has 0 atom stereocenters. The summed E-state index contributed by atoms with van der Waals surface area (Å²) in [5, 5.41) is 0. The molecule has 0 N–H and O–H groups in total. The van der Waals surface area contributed by atoms with E-state index >= 15 is 0 Å². The maximum absolute atomic E-state index is 13.1. The third-order valence-electron chi connectivity index (χ3n) is 4.46. The van der Waals surface area contributed by atoms with Gasteiger partial charge in [-0.05, 0) is 49.7 Å². The van der Waals surface area contributed by atoms with Gasteiger partial charge in [0.1, 0.15) is 5.82 Å². The van der Waals surface area contributed by atoms with Crippen LogP contribution in [0.25, 0.3) is 0 Å². The summed E-state index contributed by atoms with van der Waals surface area (Å²) in [7, 11) is -3.69. The van der Waals surface area contributed by atoms with Crippen LogP contribution < -0.4 is 0 Å². The van der Waals surface area contributed by atoms with Gasteiger partial charge in [0.15, 0.2) is 0 Å². The Balaban J connectivity index is 1.73. The van der Waals surface area contributed by atoms with Crippen molar-refractivity contribution in [3.63, 3.8) is 0 Å². The molecule has 2 aromatic rings. The molecule has 5 nitrogen and oxygen atoms in total. The molecule has 26 heavy (non-hydrogen) atoms. The normalized spacial score (nSPS) is 16.3. The van der Waals surface area contributed by atoms with Crippen LogP contribution in [-0.2, 0) is 10.0 Å². The number of hydrogen-bond donors (Lipinski definition) is 0. The first-order valence-electron chi connectivity index (χ1n) is 8.49. The van der Waals surface area contributed by atoms with Crippen molar-refractivity contribution in [2.75, 3.05) is 26.2 Å².